The van der Waals surface area contributed by atoms with Crippen molar-refractivity contribution in [2.75, 3.05) is 13.2 Å². The lowest BCUT2D eigenvalue weighted by atomic mass is 9.96. The fourth-order valence-electron chi connectivity index (χ4n) is 4.83. The van der Waals surface area contributed by atoms with Crippen LogP contribution in [0.2, 0.25) is 0 Å². The second kappa shape index (κ2) is 18.1. The molecular weight excluding hydrogens is 650 g/mol. The molecule has 1 amide bonds. The largest absolute Gasteiger partial charge is 0.463 e. The average molecular weight is 690 g/mol. The first kappa shape index (κ1) is 39.6. The Balaban J connectivity index is 2.70. The van der Waals surface area contributed by atoms with E-state index in [1.807, 2.05) is 0 Å². The Morgan fingerprint density at radius 1 is 0.542 bits per heavy atom. The third kappa shape index (κ3) is 11.9. The fraction of sp³-hybridized carbons (Fsp3) is 0.655. The maximum Gasteiger partial charge on any atom is 0.303 e. The van der Waals surface area contributed by atoms with Crippen molar-refractivity contribution < 1.29 is 85.7 Å². The van der Waals surface area contributed by atoms with Crippen molar-refractivity contribution in [2.45, 2.75) is 110 Å². The van der Waals surface area contributed by atoms with Crippen molar-refractivity contribution in [3.63, 3.8) is 0 Å². The lowest BCUT2D eigenvalue weighted by Gasteiger charge is -2.48. The highest BCUT2D eigenvalue weighted by Crippen LogP contribution is 2.35. The molecular formula is C29H39NO18. The van der Waals surface area contributed by atoms with E-state index >= 15 is 0 Å². The normalized spacial score (nSPS) is 29.6. The van der Waals surface area contributed by atoms with Crippen LogP contribution in [-0.4, -0.2) is 122 Å². The number of hydrogen-bond donors (Lipinski definition) is 1. The Labute approximate surface area is 274 Å². The van der Waals surface area contributed by atoms with Gasteiger partial charge in [-0.1, -0.05) is 6.58 Å². The number of carbonyl (C=O) groups excluding carboxylic acids is 8. The Kier molecular flexibility index (Phi) is 14.9. The molecule has 2 aliphatic rings. The predicted octanol–water partition coefficient (Wildman–Crippen LogP) is -1.09. The van der Waals surface area contributed by atoms with Gasteiger partial charge in [0.25, 0.3) is 0 Å². The summed E-state index contributed by atoms with van der Waals surface area (Å²) in [6.07, 6.45) is -15.2. The van der Waals surface area contributed by atoms with E-state index in [0.29, 0.717) is 0 Å². The third-order valence-electron chi connectivity index (χ3n) is 6.38. The number of nitrogens with one attached hydrogen (secondary N) is 1. The van der Waals surface area contributed by atoms with Gasteiger partial charge in [0.2, 0.25) is 18.5 Å². The van der Waals surface area contributed by atoms with E-state index in [1.54, 1.807) is 0 Å². The highest BCUT2D eigenvalue weighted by molar-refractivity contribution is 5.86. The van der Waals surface area contributed by atoms with Crippen LogP contribution < -0.4 is 5.32 Å². The fourth-order valence-corrected chi connectivity index (χ4v) is 4.83. The van der Waals surface area contributed by atoms with Crippen molar-refractivity contribution >= 4 is 47.7 Å². The SMILES string of the molecule is C=CC(=O)NC[C@H]1O[C@H](O[C@H]2O[C@H](COC(C)=O)[C@@H](OC(C)=O)[C@H](OC(C)=O)[C@H]2OC(C)=O)[C@H](OC(C)=O)[C@@H](OC(C)=O)[C@@H]1OC(C)=O. The molecule has 19 heteroatoms. The van der Waals surface area contributed by atoms with Gasteiger partial charge in [-0.2, -0.15) is 0 Å². The summed E-state index contributed by atoms with van der Waals surface area (Å²) in [5, 5.41) is 2.45. The Morgan fingerprint density at radius 3 is 1.27 bits per heavy atom. The van der Waals surface area contributed by atoms with Crippen molar-refractivity contribution in [1.82, 2.24) is 5.32 Å². The molecule has 0 bridgehead atoms. The number of rotatable bonds is 13. The van der Waals surface area contributed by atoms with E-state index in [4.69, 9.17) is 47.4 Å². The van der Waals surface area contributed by atoms with Gasteiger partial charge >= 0.3 is 41.8 Å². The highest BCUT2D eigenvalue weighted by Gasteiger charge is 2.57. The highest BCUT2D eigenvalue weighted by atomic mass is 16.8. The molecule has 0 radical (unpaired) electrons. The zero-order valence-corrected chi connectivity index (χ0v) is 27.3. The van der Waals surface area contributed by atoms with Crippen LogP contribution in [-0.2, 0) is 85.7 Å². The summed E-state index contributed by atoms with van der Waals surface area (Å²) in [7, 11) is 0. The van der Waals surface area contributed by atoms with Crippen LogP contribution in [0.25, 0.3) is 0 Å². The molecule has 0 aliphatic carbocycles. The van der Waals surface area contributed by atoms with E-state index in [9.17, 15) is 38.4 Å². The first-order valence-electron chi connectivity index (χ1n) is 14.5. The molecule has 48 heavy (non-hydrogen) atoms. The predicted molar refractivity (Wildman–Crippen MR) is 152 cm³/mol. The molecule has 19 nitrogen and oxygen atoms in total. The topological polar surface area (TPSA) is 241 Å². The van der Waals surface area contributed by atoms with E-state index in [-0.39, 0.29) is 0 Å². The van der Waals surface area contributed by atoms with E-state index in [0.717, 1.165) is 54.5 Å². The summed E-state index contributed by atoms with van der Waals surface area (Å²) < 4.78 is 55.4. The lowest BCUT2D eigenvalue weighted by Crippen LogP contribution is -2.67. The summed E-state index contributed by atoms with van der Waals surface area (Å²) in [6.45, 7) is 9.59. The summed E-state index contributed by atoms with van der Waals surface area (Å²) in [4.78, 5) is 96.8. The Bertz CT molecular complexity index is 1250. The molecule has 10 atom stereocenters. The van der Waals surface area contributed by atoms with Gasteiger partial charge in [-0.05, 0) is 6.08 Å². The molecule has 0 aromatic carbocycles. The van der Waals surface area contributed by atoms with Gasteiger partial charge in [-0.15, -0.1) is 0 Å². The molecule has 0 spiro atoms. The molecule has 0 aromatic rings. The van der Waals surface area contributed by atoms with Gasteiger partial charge in [-0.25, -0.2) is 0 Å². The first-order chi connectivity index (χ1) is 22.4. The number of carbonyl (C=O) groups is 8. The van der Waals surface area contributed by atoms with Crippen molar-refractivity contribution in [2.24, 2.45) is 0 Å². The van der Waals surface area contributed by atoms with Crippen LogP contribution in [0.3, 0.4) is 0 Å². The van der Waals surface area contributed by atoms with Crippen LogP contribution >= 0.6 is 0 Å². The van der Waals surface area contributed by atoms with Crippen LogP contribution in [0.15, 0.2) is 12.7 Å². The van der Waals surface area contributed by atoms with Crippen LogP contribution in [0, 0.1) is 0 Å². The Hall–Kier alpha value is -4.62. The molecule has 268 valence electrons. The second-order valence-corrected chi connectivity index (χ2v) is 10.4. The first-order valence-corrected chi connectivity index (χ1v) is 14.5. The standard InChI is InChI=1S/C29H39NO18/c1-9-21(38)30-10-19-22(40-13(3)32)24(42-15(5)34)26(44-17(7)36)28(46-19)48-29-27(45-18(8)37)25(43-16(6)35)23(41-14(4)33)20(47-29)11-39-12(2)31/h9,19-20,22-29H,1,10-11H2,2-8H3,(H,30,38)/t19-,20-,22-,23-,24+,25+,26-,27-,28-,29-/m1/s1. The summed E-state index contributed by atoms with van der Waals surface area (Å²) in [6, 6.07) is 0. The van der Waals surface area contributed by atoms with Gasteiger partial charge in [0.05, 0.1) is 0 Å². The summed E-state index contributed by atoms with van der Waals surface area (Å²) in [5.74, 6) is -6.85. The minimum absolute atomic E-state index is 0.397. The summed E-state index contributed by atoms with van der Waals surface area (Å²) >= 11 is 0. The summed E-state index contributed by atoms with van der Waals surface area (Å²) in [5.41, 5.74) is 0. The zero-order valence-electron chi connectivity index (χ0n) is 27.3. The van der Waals surface area contributed by atoms with E-state index in [1.165, 1.54) is 0 Å². The zero-order chi connectivity index (χ0) is 36.3. The number of amides is 1. The smallest absolute Gasteiger partial charge is 0.303 e. The van der Waals surface area contributed by atoms with Crippen molar-refractivity contribution in [3.8, 4) is 0 Å². The van der Waals surface area contributed by atoms with Crippen molar-refractivity contribution in [3.05, 3.63) is 12.7 Å². The van der Waals surface area contributed by atoms with Gasteiger partial charge < -0.3 is 52.7 Å². The van der Waals surface area contributed by atoms with E-state index in [2.05, 4.69) is 11.9 Å². The minimum atomic E-state index is -1.83. The molecule has 2 saturated heterocycles. The van der Waals surface area contributed by atoms with Gasteiger partial charge in [0.15, 0.2) is 36.6 Å². The monoisotopic (exact) mass is 689 g/mol. The van der Waals surface area contributed by atoms with Gasteiger partial charge in [-0.3, -0.25) is 38.4 Å². The van der Waals surface area contributed by atoms with Crippen LogP contribution in [0.1, 0.15) is 48.5 Å². The number of esters is 7. The molecule has 2 fully saturated rings. The quantitative estimate of drug-likeness (QED) is 0.137. The van der Waals surface area contributed by atoms with Crippen molar-refractivity contribution in [1.29, 1.82) is 0 Å². The maximum atomic E-state index is 12.3. The number of hydrogen-bond acceptors (Lipinski definition) is 18. The molecule has 0 saturated carbocycles. The molecule has 2 aliphatic heterocycles. The molecule has 1 N–H and O–H groups in total. The second-order valence-electron chi connectivity index (χ2n) is 10.4. The van der Waals surface area contributed by atoms with Crippen LogP contribution in [0.5, 0.6) is 0 Å². The van der Waals surface area contributed by atoms with Crippen LogP contribution in [0.4, 0.5) is 0 Å². The van der Waals surface area contributed by atoms with Gasteiger partial charge in [0, 0.05) is 55.0 Å². The van der Waals surface area contributed by atoms with Gasteiger partial charge in [0.1, 0.15) is 18.8 Å². The van der Waals surface area contributed by atoms with E-state index < -0.39 is 122 Å². The lowest BCUT2D eigenvalue weighted by molar-refractivity contribution is -0.375. The molecule has 2 rings (SSSR count). The number of ether oxygens (including phenoxy) is 10. The third-order valence-corrected chi connectivity index (χ3v) is 6.38. The minimum Gasteiger partial charge on any atom is -0.463 e. The Morgan fingerprint density at radius 2 is 0.896 bits per heavy atom. The molecule has 0 unspecified atom stereocenters. The average Bonchev–Trinajstić information content (AvgIpc) is 2.95. The molecule has 2 heterocycles. The maximum absolute atomic E-state index is 12.3. The molecule has 0 aromatic heterocycles.